The summed E-state index contributed by atoms with van der Waals surface area (Å²) in [6.07, 6.45) is 0. The summed E-state index contributed by atoms with van der Waals surface area (Å²) in [6, 6.07) is 0. The second-order valence-electron chi connectivity index (χ2n) is 0.307. The predicted molar refractivity (Wildman–Crippen MR) is 7.97 cm³/mol. The molecule has 0 saturated carbocycles. The molecule has 0 rings (SSSR count). The van der Waals surface area contributed by atoms with Crippen molar-refractivity contribution in [3.8, 4) is 0 Å². The first kappa shape index (κ1) is 9.13. The fraction of sp³-hybridized carbons (Fsp3) is 0. The van der Waals surface area contributed by atoms with E-state index in [1.54, 1.807) is 0 Å². The summed E-state index contributed by atoms with van der Waals surface area (Å²) in [5, 5.41) is 24.0. The summed E-state index contributed by atoms with van der Waals surface area (Å²) in [6.45, 7) is 0. The Morgan fingerprint density at radius 3 is 1.40 bits per heavy atom. The minimum absolute atomic E-state index is 0. The van der Waals surface area contributed by atoms with Crippen LogP contribution in [-0.4, -0.2) is 12.3 Å². The van der Waals surface area contributed by atoms with Crippen LogP contribution in [0.3, 0.4) is 0 Å². The van der Waals surface area contributed by atoms with Crippen molar-refractivity contribution in [1.29, 1.82) is 0 Å². The monoisotopic (exact) mass is 124 g/mol. The molecule has 0 heterocycles. The van der Waals surface area contributed by atoms with E-state index in [4.69, 9.17) is 15.1 Å². The van der Waals surface area contributed by atoms with Crippen molar-refractivity contribution in [1.82, 2.24) is 0 Å². The molecule has 0 aliphatic heterocycles. The van der Waals surface area contributed by atoms with Crippen molar-refractivity contribution in [2.75, 3.05) is 0 Å². The van der Waals surface area contributed by atoms with Crippen molar-refractivity contribution < 1.29 is 34.6 Å². The molecule has 0 aromatic rings. The molecule has 1 N–H and O–H groups in total. The summed E-state index contributed by atoms with van der Waals surface area (Å²) in [5.41, 5.74) is 0. The van der Waals surface area contributed by atoms with E-state index in [9.17, 15) is 0 Å². The minimum Gasteiger partial charge on any atom is -0.871 e. The topological polar surface area (TPSA) is 66.3 Å². The van der Waals surface area contributed by atoms with Crippen LogP contribution in [0.5, 0.6) is 0 Å². The fourth-order valence-corrected chi connectivity index (χ4v) is 0. The van der Waals surface area contributed by atoms with E-state index in [1.807, 2.05) is 0 Å². The Balaban J connectivity index is 0. The van der Waals surface area contributed by atoms with Crippen LogP contribution in [0.1, 0.15) is 0 Å². The Labute approximate surface area is 42.6 Å². The summed E-state index contributed by atoms with van der Waals surface area (Å²) >= 11 is 0. The van der Waals surface area contributed by atoms with Gasteiger partial charge in [0.25, 0.3) is 0 Å². The summed E-state index contributed by atoms with van der Waals surface area (Å²) in [4.78, 5) is 0. The van der Waals surface area contributed by atoms with Gasteiger partial charge in [0.1, 0.15) is 0 Å². The van der Waals surface area contributed by atoms with Crippen LogP contribution in [0.15, 0.2) is 0 Å². The summed E-state index contributed by atoms with van der Waals surface area (Å²) < 4.78 is 0. The maximum atomic E-state index is 8.53. The Morgan fingerprint density at radius 2 is 1.40 bits per heavy atom. The van der Waals surface area contributed by atoms with Crippen molar-refractivity contribution in [3.63, 3.8) is 0 Å². The zero-order valence-electron chi connectivity index (χ0n) is 2.55. The van der Waals surface area contributed by atoms with E-state index in [0.29, 0.717) is 0 Å². The largest absolute Gasteiger partial charge is 2.00 e. The van der Waals surface area contributed by atoms with E-state index >= 15 is 0 Å². The standard InChI is InChI=1S/BHO3.Zn/c2-1(3)4;/h2H;/q-2;+2. The normalized spacial score (nSPS) is 5.40. The van der Waals surface area contributed by atoms with Gasteiger partial charge in [0, 0.05) is 0 Å². The molecule has 0 radical (unpaired) electrons. The van der Waals surface area contributed by atoms with E-state index in [2.05, 4.69) is 0 Å². The van der Waals surface area contributed by atoms with Gasteiger partial charge in [-0.2, -0.15) is 0 Å². The van der Waals surface area contributed by atoms with E-state index in [-0.39, 0.29) is 19.5 Å². The van der Waals surface area contributed by atoms with Gasteiger partial charge in [0.2, 0.25) is 0 Å². The van der Waals surface area contributed by atoms with Crippen molar-refractivity contribution in [2.45, 2.75) is 0 Å². The first-order valence-corrected chi connectivity index (χ1v) is 0.730. The van der Waals surface area contributed by atoms with Crippen molar-refractivity contribution >= 4 is 7.32 Å². The number of hydrogen-bond donors (Lipinski definition) is 1. The molecule has 0 spiro atoms. The van der Waals surface area contributed by atoms with Gasteiger partial charge in [-0.3, -0.25) is 0 Å². The SMILES string of the molecule is [O-]B([O-])O.[Zn+2]. The van der Waals surface area contributed by atoms with Gasteiger partial charge in [0.15, 0.2) is 0 Å². The van der Waals surface area contributed by atoms with Crippen LogP contribution in [0.25, 0.3) is 0 Å². The Bertz CT molecular complexity index is 11.6. The molecule has 0 bridgehead atoms. The van der Waals surface area contributed by atoms with Gasteiger partial charge in [-0.25, -0.2) is 0 Å². The molecule has 0 aliphatic carbocycles. The number of rotatable bonds is 0. The van der Waals surface area contributed by atoms with Gasteiger partial charge in [-0.05, 0) is 0 Å². The van der Waals surface area contributed by atoms with E-state index in [0.717, 1.165) is 0 Å². The Morgan fingerprint density at radius 1 is 1.40 bits per heavy atom. The van der Waals surface area contributed by atoms with Crippen LogP contribution < -0.4 is 10.0 Å². The molecule has 0 saturated heterocycles. The van der Waals surface area contributed by atoms with Gasteiger partial charge >= 0.3 is 19.5 Å². The molecule has 0 unspecified atom stereocenters. The maximum Gasteiger partial charge on any atom is 2.00 e. The average Bonchev–Trinajstić information content (AvgIpc) is 0.811. The maximum absolute atomic E-state index is 8.53. The van der Waals surface area contributed by atoms with Gasteiger partial charge in [-0.15, -0.1) is 0 Å². The summed E-state index contributed by atoms with van der Waals surface area (Å²) in [7, 11) is -2.67. The average molecular weight is 125 g/mol. The van der Waals surface area contributed by atoms with Crippen LogP contribution in [0.4, 0.5) is 0 Å². The Hall–Kier alpha value is 0.568. The van der Waals surface area contributed by atoms with Crippen molar-refractivity contribution in [3.05, 3.63) is 0 Å². The first-order valence-electron chi connectivity index (χ1n) is 0.730. The molecule has 0 aromatic carbocycles. The van der Waals surface area contributed by atoms with Crippen LogP contribution in [0.2, 0.25) is 0 Å². The summed E-state index contributed by atoms with van der Waals surface area (Å²) in [5.74, 6) is 0. The van der Waals surface area contributed by atoms with Gasteiger partial charge in [0.05, 0.1) is 7.32 Å². The molecule has 0 atom stereocenters. The molecular weight excluding hydrogens is 124 g/mol. The second-order valence-corrected chi connectivity index (χ2v) is 0.307. The van der Waals surface area contributed by atoms with Crippen LogP contribution in [0, 0.1) is 0 Å². The van der Waals surface area contributed by atoms with Crippen molar-refractivity contribution in [2.24, 2.45) is 0 Å². The third kappa shape index (κ3) is 93.3. The van der Waals surface area contributed by atoms with E-state index < -0.39 is 7.32 Å². The van der Waals surface area contributed by atoms with Crippen LogP contribution >= 0.6 is 0 Å². The molecule has 3 nitrogen and oxygen atoms in total. The molecular formula is HBO3Zn. The smallest absolute Gasteiger partial charge is 0.871 e. The quantitative estimate of drug-likeness (QED) is 0.345. The predicted octanol–water partition coefficient (Wildman–Crippen LogP) is -3.32. The Kier molecular flexibility index (Phi) is 8.34. The second kappa shape index (κ2) is 4.57. The van der Waals surface area contributed by atoms with Crippen LogP contribution in [-0.2, 0) is 19.5 Å². The van der Waals surface area contributed by atoms with Gasteiger partial charge < -0.3 is 15.1 Å². The van der Waals surface area contributed by atoms with Gasteiger partial charge in [-0.1, -0.05) is 0 Å². The molecule has 5 heavy (non-hydrogen) atoms. The fourth-order valence-electron chi connectivity index (χ4n) is 0. The molecule has 5 heteroatoms. The molecule has 0 aromatic heterocycles. The minimum atomic E-state index is -2.67. The molecule has 0 amide bonds. The third-order valence-corrected chi connectivity index (χ3v) is 0. The first-order chi connectivity index (χ1) is 1.73. The molecule has 0 aliphatic rings. The molecule has 24 valence electrons. The number of hydrogen-bond acceptors (Lipinski definition) is 3. The third-order valence-electron chi connectivity index (χ3n) is 0. The zero-order chi connectivity index (χ0) is 3.58. The zero-order valence-corrected chi connectivity index (χ0v) is 5.52. The van der Waals surface area contributed by atoms with E-state index in [1.165, 1.54) is 0 Å². The molecule has 0 fully saturated rings.